The van der Waals surface area contributed by atoms with E-state index in [-0.39, 0.29) is 5.91 Å². The predicted molar refractivity (Wildman–Crippen MR) is 89.8 cm³/mol. The monoisotopic (exact) mass is 320 g/mol. The summed E-state index contributed by atoms with van der Waals surface area (Å²) >= 11 is 0. The number of hydrogen-bond acceptors (Lipinski definition) is 4. The van der Waals surface area contributed by atoms with Crippen molar-refractivity contribution in [1.29, 1.82) is 5.26 Å². The predicted octanol–water partition coefficient (Wildman–Crippen LogP) is 3.55. The van der Waals surface area contributed by atoms with Crippen LogP contribution >= 0.6 is 0 Å². The fraction of sp³-hybridized carbons (Fsp3) is 0.158. The largest absolute Gasteiger partial charge is 0.497 e. The molecule has 0 bridgehead atoms. The van der Waals surface area contributed by atoms with Gasteiger partial charge in [0.2, 0.25) is 0 Å². The first-order valence-electron chi connectivity index (χ1n) is 7.46. The van der Waals surface area contributed by atoms with E-state index in [1.165, 1.54) is 0 Å². The highest BCUT2D eigenvalue weighted by atomic mass is 16.5. The zero-order chi connectivity index (χ0) is 17.1. The smallest absolute Gasteiger partial charge is 0.287 e. The van der Waals surface area contributed by atoms with Crippen LogP contribution in [0.15, 0.2) is 46.9 Å². The molecule has 24 heavy (non-hydrogen) atoms. The van der Waals surface area contributed by atoms with Crippen LogP contribution in [-0.2, 0) is 6.54 Å². The summed E-state index contributed by atoms with van der Waals surface area (Å²) in [4.78, 5) is 12.4. The van der Waals surface area contributed by atoms with Crippen molar-refractivity contribution < 1.29 is 13.9 Å². The van der Waals surface area contributed by atoms with E-state index >= 15 is 0 Å². The van der Waals surface area contributed by atoms with E-state index in [1.807, 2.05) is 25.1 Å². The average molecular weight is 320 g/mol. The molecule has 1 aromatic heterocycles. The normalized spacial score (nSPS) is 10.4. The Morgan fingerprint density at radius 2 is 2.00 bits per heavy atom. The van der Waals surface area contributed by atoms with Crippen molar-refractivity contribution in [2.75, 3.05) is 7.11 Å². The number of carbonyl (C=O) groups is 1. The summed E-state index contributed by atoms with van der Waals surface area (Å²) < 4.78 is 10.9. The van der Waals surface area contributed by atoms with Crippen LogP contribution < -0.4 is 10.1 Å². The molecule has 5 heteroatoms. The molecule has 3 aromatic rings. The van der Waals surface area contributed by atoms with Crippen LogP contribution in [0.4, 0.5) is 0 Å². The van der Waals surface area contributed by atoms with Crippen molar-refractivity contribution in [1.82, 2.24) is 5.32 Å². The number of aryl methyl sites for hydroxylation is 1. The highest BCUT2D eigenvalue weighted by molar-refractivity contribution is 5.99. The minimum Gasteiger partial charge on any atom is -0.497 e. The zero-order valence-electron chi connectivity index (χ0n) is 13.4. The van der Waals surface area contributed by atoms with Gasteiger partial charge in [-0.3, -0.25) is 4.79 Å². The van der Waals surface area contributed by atoms with Gasteiger partial charge in [-0.25, -0.2) is 0 Å². The van der Waals surface area contributed by atoms with E-state index in [0.717, 1.165) is 22.3 Å². The minimum atomic E-state index is -0.271. The number of fused-ring (bicyclic) bond motifs is 1. The van der Waals surface area contributed by atoms with Gasteiger partial charge in [0.1, 0.15) is 11.3 Å². The number of methoxy groups -OCH3 is 1. The van der Waals surface area contributed by atoms with Crippen LogP contribution in [0.5, 0.6) is 5.75 Å². The van der Waals surface area contributed by atoms with Gasteiger partial charge < -0.3 is 14.5 Å². The van der Waals surface area contributed by atoms with Gasteiger partial charge in [0.25, 0.3) is 5.91 Å². The lowest BCUT2D eigenvalue weighted by Gasteiger charge is -2.04. The van der Waals surface area contributed by atoms with E-state index in [0.29, 0.717) is 23.5 Å². The Hall–Kier alpha value is -3.26. The highest BCUT2D eigenvalue weighted by Gasteiger charge is 2.17. The third-order valence-corrected chi connectivity index (χ3v) is 3.89. The van der Waals surface area contributed by atoms with Gasteiger partial charge in [-0.2, -0.15) is 5.26 Å². The average Bonchev–Trinajstić information content (AvgIpc) is 2.96. The van der Waals surface area contributed by atoms with Crippen molar-refractivity contribution in [2.24, 2.45) is 0 Å². The lowest BCUT2D eigenvalue weighted by Crippen LogP contribution is -2.22. The van der Waals surface area contributed by atoms with Crippen molar-refractivity contribution in [3.63, 3.8) is 0 Å². The second kappa shape index (κ2) is 6.47. The maximum Gasteiger partial charge on any atom is 0.287 e. The first-order valence-corrected chi connectivity index (χ1v) is 7.46. The molecule has 2 aromatic carbocycles. The molecule has 0 radical (unpaired) electrons. The molecule has 1 amide bonds. The number of amides is 1. The van der Waals surface area contributed by atoms with Crippen LogP contribution in [0, 0.1) is 18.3 Å². The summed E-state index contributed by atoms with van der Waals surface area (Å²) in [5, 5.41) is 12.5. The Morgan fingerprint density at radius 1 is 1.25 bits per heavy atom. The van der Waals surface area contributed by atoms with Gasteiger partial charge in [0, 0.05) is 17.5 Å². The molecule has 0 aliphatic rings. The Balaban J connectivity index is 1.78. The molecule has 0 aliphatic heterocycles. The van der Waals surface area contributed by atoms with Gasteiger partial charge in [0.15, 0.2) is 5.76 Å². The fourth-order valence-corrected chi connectivity index (χ4v) is 2.50. The maximum absolute atomic E-state index is 12.4. The fourth-order valence-electron chi connectivity index (χ4n) is 2.50. The van der Waals surface area contributed by atoms with E-state index < -0.39 is 0 Å². The SMILES string of the molecule is COc1ccc2oc(C(=O)NCc3ccc(C#N)cc3)c(C)c2c1. The van der Waals surface area contributed by atoms with Crippen LogP contribution in [-0.4, -0.2) is 13.0 Å². The summed E-state index contributed by atoms with van der Waals surface area (Å²) in [6, 6.07) is 14.6. The van der Waals surface area contributed by atoms with E-state index in [1.54, 1.807) is 31.4 Å². The molecule has 0 fully saturated rings. The lowest BCUT2D eigenvalue weighted by atomic mass is 10.1. The number of carbonyl (C=O) groups excluding carboxylic acids is 1. The Bertz CT molecular complexity index is 934. The second-order valence-corrected chi connectivity index (χ2v) is 5.41. The van der Waals surface area contributed by atoms with Crippen molar-refractivity contribution in [3.8, 4) is 11.8 Å². The summed E-state index contributed by atoms with van der Waals surface area (Å²) in [5.41, 5.74) is 2.93. The summed E-state index contributed by atoms with van der Waals surface area (Å²) in [6.07, 6.45) is 0. The second-order valence-electron chi connectivity index (χ2n) is 5.41. The van der Waals surface area contributed by atoms with Crippen LogP contribution in [0.1, 0.15) is 27.2 Å². The number of hydrogen-bond donors (Lipinski definition) is 1. The number of nitrogens with one attached hydrogen (secondary N) is 1. The molecule has 5 nitrogen and oxygen atoms in total. The molecule has 0 saturated heterocycles. The van der Waals surface area contributed by atoms with Gasteiger partial charge >= 0.3 is 0 Å². The maximum atomic E-state index is 12.4. The van der Waals surface area contributed by atoms with Gasteiger partial charge in [-0.15, -0.1) is 0 Å². The van der Waals surface area contributed by atoms with E-state index in [4.69, 9.17) is 14.4 Å². The highest BCUT2D eigenvalue weighted by Crippen LogP contribution is 2.28. The number of furan rings is 1. The van der Waals surface area contributed by atoms with E-state index in [9.17, 15) is 4.79 Å². The summed E-state index contributed by atoms with van der Waals surface area (Å²) in [7, 11) is 1.60. The molecule has 1 heterocycles. The first kappa shape index (κ1) is 15.6. The summed E-state index contributed by atoms with van der Waals surface area (Å²) in [5.74, 6) is 0.745. The van der Waals surface area contributed by atoms with Gasteiger partial charge in [-0.05, 0) is 42.8 Å². The molecular formula is C19H16N2O3. The first-order chi connectivity index (χ1) is 11.6. The molecule has 0 unspecified atom stereocenters. The summed E-state index contributed by atoms with van der Waals surface area (Å²) in [6.45, 7) is 2.21. The molecule has 0 spiro atoms. The Morgan fingerprint density at radius 3 is 2.67 bits per heavy atom. The van der Waals surface area contributed by atoms with Crippen LogP contribution in [0.2, 0.25) is 0 Å². The van der Waals surface area contributed by atoms with Gasteiger partial charge in [-0.1, -0.05) is 12.1 Å². The standard InChI is InChI=1S/C19H16N2O3/c1-12-16-9-15(23-2)7-8-17(16)24-18(12)19(22)21-11-14-5-3-13(10-20)4-6-14/h3-9H,11H2,1-2H3,(H,21,22). The molecular weight excluding hydrogens is 304 g/mol. The Kier molecular flexibility index (Phi) is 4.21. The number of rotatable bonds is 4. The molecule has 0 aliphatic carbocycles. The van der Waals surface area contributed by atoms with Crippen molar-refractivity contribution in [3.05, 3.63) is 64.9 Å². The van der Waals surface area contributed by atoms with Crippen molar-refractivity contribution >= 4 is 16.9 Å². The van der Waals surface area contributed by atoms with E-state index in [2.05, 4.69) is 11.4 Å². The zero-order valence-corrected chi connectivity index (χ0v) is 13.4. The number of ether oxygens (including phenoxy) is 1. The molecule has 3 rings (SSSR count). The molecule has 0 saturated carbocycles. The third kappa shape index (κ3) is 2.95. The topological polar surface area (TPSA) is 75.3 Å². The van der Waals surface area contributed by atoms with Crippen LogP contribution in [0.3, 0.4) is 0 Å². The number of nitrogens with zero attached hydrogens (tertiary/aromatic N) is 1. The molecule has 0 atom stereocenters. The molecule has 120 valence electrons. The third-order valence-electron chi connectivity index (χ3n) is 3.89. The van der Waals surface area contributed by atoms with Gasteiger partial charge in [0.05, 0.1) is 18.7 Å². The van der Waals surface area contributed by atoms with Crippen molar-refractivity contribution in [2.45, 2.75) is 13.5 Å². The van der Waals surface area contributed by atoms with Crippen LogP contribution in [0.25, 0.3) is 11.0 Å². The lowest BCUT2D eigenvalue weighted by molar-refractivity contribution is 0.0924. The minimum absolute atomic E-state index is 0.271. The Labute approximate surface area is 139 Å². The number of nitriles is 1. The molecule has 1 N–H and O–H groups in total. The number of benzene rings is 2. The quantitative estimate of drug-likeness (QED) is 0.797.